The number of hydrogen-bond donors (Lipinski definition) is 1. The van der Waals surface area contributed by atoms with Gasteiger partial charge in [-0.3, -0.25) is 0 Å². The van der Waals surface area contributed by atoms with E-state index in [1.807, 2.05) is 6.92 Å². The molecule has 1 saturated carbocycles. The number of nitrogens with zero attached hydrogens (tertiary/aromatic N) is 1. The maximum absolute atomic E-state index is 12.3. The Kier molecular flexibility index (Phi) is 3.40. The molecule has 0 heterocycles. The van der Waals surface area contributed by atoms with Crippen molar-refractivity contribution in [1.82, 2.24) is 4.31 Å². The summed E-state index contributed by atoms with van der Waals surface area (Å²) in [6, 6.07) is 6.39. The first-order valence-electron chi connectivity index (χ1n) is 5.89. The number of anilines is 1. The van der Waals surface area contributed by atoms with E-state index in [-0.39, 0.29) is 0 Å². The first kappa shape index (κ1) is 12.4. The molecule has 1 aliphatic rings. The Bertz CT molecular complexity index is 478. The second kappa shape index (κ2) is 4.66. The Morgan fingerprint density at radius 3 is 2.35 bits per heavy atom. The molecule has 1 aromatic carbocycles. The highest BCUT2D eigenvalue weighted by atomic mass is 32.2. The van der Waals surface area contributed by atoms with E-state index in [0.717, 1.165) is 12.8 Å². The van der Waals surface area contributed by atoms with Crippen LogP contribution in [0.2, 0.25) is 0 Å². The van der Waals surface area contributed by atoms with Crippen LogP contribution in [-0.4, -0.2) is 25.8 Å². The van der Waals surface area contributed by atoms with Crippen molar-refractivity contribution in [2.45, 2.75) is 24.7 Å². The van der Waals surface area contributed by atoms with E-state index in [4.69, 9.17) is 5.73 Å². The van der Waals surface area contributed by atoms with Crippen LogP contribution < -0.4 is 5.73 Å². The Balaban J connectivity index is 2.23. The summed E-state index contributed by atoms with van der Waals surface area (Å²) in [6.07, 6.45) is 2.29. The Morgan fingerprint density at radius 1 is 1.29 bits per heavy atom. The third kappa shape index (κ3) is 2.79. The number of rotatable bonds is 5. The predicted molar refractivity (Wildman–Crippen MR) is 68.0 cm³/mol. The molecule has 0 saturated heterocycles. The molecule has 0 bridgehead atoms. The van der Waals surface area contributed by atoms with Crippen LogP contribution in [-0.2, 0) is 10.0 Å². The van der Waals surface area contributed by atoms with Gasteiger partial charge in [-0.25, -0.2) is 8.42 Å². The van der Waals surface area contributed by atoms with Gasteiger partial charge in [0.25, 0.3) is 0 Å². The number of sulfonamides is 1. The highest BCUT2D eigenvalue weighted by molar-refractivity contribution is 7.89. The fourth-order valence-corrected chi connectivity index (χ4v) is 3.30. The van der Waals surface area contributed by atoms with Crippen LogP contribution in [0.4, 0.5) is 5.69 Å². The molecule has 0 atom stereocenters. The zero-order valence-electron chi connectivity index (χ0n) is 9.96. The minimum atomic E-state index is -3.35. The summed E-state index contributed by atoms with van der Waals surface area (Å²) in [5.41, 5.74) is 6.14. The second-order valence-electron chi connectivity index (χ2n) is 4.47. The molecule has 1 fully saturated rings. The van der Waals surface area contributed by atoms with E-state index in [9.17, 15) is 8.42 Å². The highest BCUT2D eigenvalue weighted by Gasteiger charge is 2.30. The Hall–Kier alpha value is -1.07. The Morgan fingerprint density at radius 2 is 1.88 bits per heavy atom. The monoisotopic (exact) mass is 254 g/mol. The van der Waals surface area contributed by atoms with Crippen molar-refractivity contribution >= 4 is 15.7 Å². The number of benzene rings is 1. The first-order valence-corrected chi connectivity index (χ1v) is 7.33. The van der Waals surface area contributed by atoms with Crippen LogP contribution in [0.15, 0.2) is 29.2 Å². The molecule has 5 heteroatoms. The second-order valence-corrected chi connectivity index (χ2v) is 6.41. The molecular formula is C12H18N2O2S. The molecule has 1 aliphatic carbocycles. The summed E-state index contributed by atoms with van der Waals surface area (Å²) in [7, 11) is -3.35. The van der Waals surface area contributed by atoms with Crippen molar-refractivity contribution in [2.75, 3.05) is 18.8 Å². The quantitative estimate of drug-likeness (QED) is 0.813. The molecule has 17 heavy (non-hydrogen) atoms. The fraction of sp³-hybridized carbons (Fsp3) is 0.500. The lowest BCUT2D eigenvalue weighted by molar-refractivity contribution is 0.412. The lowest BCUT2D eigenvalue weighted by Crippen LogP contribution is -2.32. The van der Waals surface area contributed by atoms with E-state index in [2.05, 4.69) is 0 Å². The van der Waals surface area contributed by atoms with E-state index in [1.165, 1.54) is 0 Å². The van der Waals surface area contributed by atoms with Crippen molar-refractivity contribution in [2.24, 2.45) is 5.92 Å². The lowest BCUT2D eigenvalue weighted by atomic mass is 10.3. The molecule has 0 unspecified atom stereocenters. The molecule has 0 aliphatic heterocycles. The summed E-state index contributed by atoms with van der Waals surface area (Å²) >= 11 is 0. The molecule has 2 rings (SSSR count). The maximum Gasteiger partial charge on any atom is 0.243 e. The summed E-state index contributed by atoms with van der Waals surface area (Å²) in [5, 5.41) is 0. The summed E-state index contributed by atoms with van der Waals surface area (Å²) in [6.45, 7) is 3.03. The molecule has 0 aromatic heterocycles. The summed E-state index contributed by atoms with van der Waals surface area (Å²) in [5.74, 6) is 0.554. The summed E-state index contributed by atoms with van der Waals surface area (Å²) in [4.78, 5) is 0.328. The smallest absolute Gasteiger partial charge is 0.243 e. The van der Waals surface area contributed by atoms with Crippen molar-refractivity contribution < 1.29 is 8.42 Å². The minimum Gasteiger partial charge on any atom is -0.399 e. The van der Waals surface area contributed by atoms with Crippen LogP contribution >= 0.6 is 0 Å². The SMILES string of the molecule is CCN(CC1CC1)S(=O)(=O)c1ccc(N)cc1. The molecule has 1 aromatic rings. The van der Waals surface area contributed by atoms with Gasteiger partial charge in [0.1, 0.15) is 0 Å². The van der Waals surface area contributed by atoms with E-state index >= 15 is 0 Å². The average Bonchev–Trinajstić information content (AvgIpc) is 3.10. The molecule has 94 valence electrons. The van der Waals surface area contributed by atoms with Crippen molar-refractivity contribution in [3.05, 3.63) is 24.3 Å². The first-order chi connectivity index (χ1) is 8.04. The van der Waals surface area contributed by atoms with Gasteiger partial charge in [0.15, 0.2) is 0 Å². The van der Waals surface area contributed by atoms with Gasteiger partial charge in [-0.15, -0.1) is 0 Å². The molecule has 4 nitrogen and oxygen atoms in total. The normalized spacial score (nSPS) is 16.4. The van der Waals surface area contributed by atoms with Gasteiger partial charge in [0.2, 0.25) is 10.0 Å². The van der Waals surface area contributed by atoms with Crippen molar-refractivity contribution in [3.8, 4) is 0 Å². The lowest BCUT2D eigenvalue weighted by Gasteiger charge is -2.20. The fourth-order valence-electron chi connectivity index (χ4n) is 1.77. The van der Waals surface area contributed by atoms with Gasteiger partial charge in [-0.1, -0.05) is 6.92 Å². The van der Waals surface area contributed by atoms with Gasteiger partial charge in [0.05, 0.1) is 4.90 Å². The largest absolute Gasteiger partial charge is 0.399 e. The van der Waals surface area contributed by atoms with Crippen LogP contribution in [0.25, 0.3) is 0 Å². The third-order valence-corrected chi connectivity index (χ3v) is 4.98. The predicted octanol–water partition coefficient (Wildman–Crippen LogP) is 1.69. The van der Waals surface area contributed by atoms with E-state index < -0.39 is 10.0 Å². The van der Waals surface area contributed by atoms with Gasteiger partial charge in [0, 0.05) is 18.8 Å². The van der Waals surface area contributed by atoms with Gasteiger partial charge >= 0.3 is 0 Å². The van der Waals surface area contributed by atoms with E-state index in [1.54, 1.807) is 28.6 Å². The average molecular weight is 254 g/mol. The zero-order chi connectivity index (χ0) is 12.5. The van der Waals surface area contributed by atoms with Gasteiger partial charge in [-0.2, -0.15) is 4.31 Å². The maximum atomic E-state index is 12.3. The number of hydrogen-bond acceptors (Lipinski definition) is 3. The molecule has 0 amide bonds. The van der Waals surface area contributed by atoms with Crippen LogP contribution in [0, 0.1) is 5.92 Å². The molecular weight excluding hydrogens is 236 g/mol. The molecule has 0 radical (unpaired) electrons. The van der Waals surface area contributed by atoms with Crippen molar-refractivity contribution in [3.63, 3.8) is 0 Å². The van der Waals surface area contributed by atoms with Crippen molar-refractivity contribution in [1.29, 1.82) is 0 Å². The Labute approximate surface area is 102 Å². The molecule has 2 N–H and O–H groups in total. The number of nitrogens with two attached hydrogens (primary N) is 1. The number of nitrogen functional groups attached to an aromatic ring is 1. The van der Waals surface area contributed by atoms with Gasteiger partial charge in [-0.05, 0) is 43.0 Å². The highest BCUT2D eigenvalue weighted by Crippen LogP contribution is 2.31. The summed E-state index contributed by atoms with van der Waals surface area (Å²) < 4.78 is 26.2. The van der Waals surface area contributed by atoms with Gasteiger partial charge < -0.3 is 5.73 Å². The van der Waals surface area contributed by atoms with Crippen LogP contribution in [0.3, 0.4) is 0 Å². The topological polar surface area (TPSA) is 63.4 Å². The zero-order valence-corrected chi connectivity index (χ0v) is 10.8. The standard InChI is InChI=1S/C12H18N2O2S/c1-2-14(9-10-3-4-10)17(15,16)12-7-5-11(13)6-8-12/h5-8,10H,2-4,9,13H2,1H3. The van der Waals surface area contributed by atoms with E-state index in [0.29, 0.717) is 29.6 Å². The van der Waals surface area contributed by atoms with Crippen LogP contribution in [0.1, 0.15) is 19.8 Å². The molecule has 0 spiro atoms. The minimum absolute atomic E-state index is 0.328. The third-order valence-electron chi connectivity index (χ3n) is 3.03. The van der Waals surface area contributed by atoms with Crippen LogP contribution in [0.5, 0.6) is 0 Å².